The Bertz CT molecular complexity index is 877. The highest BCUT2D eigenvalue weighted by atomic mass is 32.2. The molecule has 0 fully saturated rings. The molecule has 25 heavy (non-hydrogen) atoms. The quantitative estimate of drug-likeness (QED) is 0.777. The lowest BCUT2D eigenvalue weighted by Gasteiger charge is -2.32. The molecule has 0 bridgehead atoms. The van der Waals surface area contributed by atoms with Crippen LogP contribution in [0, 0.1) is 18.8 Å². The van der Waals surface area contributed by atoms with Crippen molar-refractivity contribution in [2.24, 2.45) is 0 Å². The predicted octanol–water partition coefficient (Wildman–Crippen LogP) is 2.25. The van der Waals surface area contributed by atoms with Gasteiger partial charge in [0.05, 0.1) is 18.1 Å². The number of hydrogen-bond acceptors (Lipinski definition) is 5. The summed E-state index contributed by atoms with van der Waals surface area (Å²) >= 11 is 1.91. The highest BCUT2D eigenvalue weighted by molar-refractivity contribution is 7.99. The van der Waals surface area contributed by atoms with Gasteiger partial charge < -0.3 is 9.90 Å². The fraction of sp³-hybridized carbons (Fsp3) is 0.350. The van der Waals surface area contributed by atoms with E-state index < -0.39 is 5.97 Å². The highest BCUT2D eigenvalue weighted by Gasteiger charge is 2.28. The number of aryl methyl sites for hydroxylation is 1. The summed E-state index contributed by atoms with van der Waals surface area (Å²) < 4.78 is 0. The van der Waals surface area contributed by atoms with Gasteiger partial charge in [0.2, 0.25) is 0 Å². The summed E-state index contributed by atoms with van der Waals surface area (Å²) in [6.07, 6.45) is 3.85. The van der Waals surface area contributed by atoms with Crippen molar-refractivity contribution in [3.05, 3.63) is 52.6 Å². The molecule has 0 aliphatic carbocycles. The summed E-state index contributed by atoms with van der Waals surface area (Å²) in [4.78, 5) is 20.1. The van der Waals surface area contributed by atoms with E-state index in [0.29, 0.717) is 11.4 Å². The molecule has 2 aromatic rings. The molecule has 2 heterocycles. The molecule has 1 aromatic carbocycles. The number of carboxylic acid groups (broad SMARTS) is 1. The molecular weight excluding hydrogens is 332 g/mol. The fourth-order valence-electron chi connectivity index (χ4n) is 2.81. The maximum atomic E-state index is 10.6. The van der Waals surface area contributed by atoms with Crippen molar-refractivity contribution in [1.29, 1.82) is 0 Å². The molecule has 1 aliphatic rings. The maximum Gasteiger partial charge on any atom is 0.131 e. The molecule has 0 radical (unpaired) electrons. The minimum atomic E-state index is -1.17. The van der Waals surface area contributed by atoms with Crippen molar-refractivity contribution in [3.63, 3.8) is 0 Å². The topological polar surface area (TPSA) is 65.9 Å². The monoisotopic (exact) mass is 351 g/mol. The van der Waals surface area contributed by atoms with Crippen LogP contribution in [0.5, 0.6) is 0 Å². The number of aromatic nitrogens is 2. The third kappa shape index (κ3) is 4.02. The molecule has 0 saturated carbocycles. The number of carbonyl (C=O) groups is 1. The Morgan fingerprint density at radius 2 is 2.08 bits per heavy atom. The predicted molar refractivity (Wildman–Crippen MR) is 96.3 cm³/mol. The van der Waals surface area contributed by atoms with E-state index in [4.69, 9.17) is 0 Å². The van der Waals surface area contributed by atoms with Gasteiger partial charge >= 0.3 is 0 Å². The van der Waals surface area contributed by atoms with E-state index in [1.165, 1.54) is 22.9 Å². The molecule has 4 nitrogen and oxygen atoms in total. The second-order valence-electron chi connectivity index (χ2n) is 6.84. The molecule has 5 heteroatoms. The van der Waals surface area contributed by atoms with E-state index >= 15 is 0 Å². The summed E-state index contributed by atoms with van der Waals surface area (Å²) in [6.45, 7) is 6.63. The largest absolute Gasteiger partial charge is 0.550 e. The van der Waals surface area contributed by atoms with Gasteiger partial charge in [0.15, 0.2) is 0 Å². The first-order valence-corrected chi connectivity index (χ1v) is 9.14. The number of carbonyl (C=O) groups excluding carboxylic acids is 1. The third-order valence-electron chi connectivity index (χ3n) is 4.40. The second-order valence-corrected chi connectivity index (χ2v) is 7.97. The van der Waals surface area contributed by atoms with Gasteiger partial charge in [-0.15, -0.1) is 11.8 Å². The number of thioether (sulfide) groups is 1. The van der Waals surface area contributed by atoms with Gasteiger partial charge in [0.1, 0.15) is 5.69 Å². The Kier molecular flexibility index (Phi) is 4.82. The molecule has 1 aliphatic heterocycles. The summed E-state index contributed by atoms with van der Waals surface area (Å²) in [5.74, 6) is 6.19. The van der Waals surface area contributed by atoms with Gasteiger partial charge in [-0.3, -0.25) is 4.98 Å². The van der Waals surface area contributed by atoms with Crippen LogP contribution in [0.25, 0.3) is 0 Å². The van der Waals surface area contributed by atoms with E-state index in [1.807, 2.05) is 11.8 Å². The van der Waals surface area contributed by atoms with Gasteiger partial charge in [-0.1, -0.05) is 19.8 Å². The van der Waals surface area contributed by atoms with E-state index in [1.54, 1.807) is 0 Å². The lowest BCUT2D eigenvalue weighted by Crippen LogP contribution is -2.24. The van der Waals surface area contributed by atoms with Gasteiger partial charge in [0, 0.05) is 22.8 Å². The van der Waals surface area contributed by atoms with Crippen LogP contribution < -0.4 is 5.11 Å². The van der Waals surface area contributed by atoms with Crippen LogP contribution in [0.3, 0.4) is 0 Å². The maximum absolute atomic E-state index is 10.6. The lowest BCUT2D eigenvalue weighted by molar-refractivity contribution is -0.304. The molecule has 0 spiro atoms. The van der Waals surface area contributed by atoms with Crippen LogP contribution in [0.15, 0.2) is 29.4 Å². The van der Waals surface area contributed by atoms with Crippen molar-refractivity contribution in [1.82, 2.24) is 9.97 Å². The number of carboxylic acids is 1. The molecule has 0 amide bonds. The summed E-state index contributed by atoms with van der Waals surface area (Å²) in [5.41, 5.74) is 4.56. The normalized spacial score (nSPS) is 15.0. The molecule has 1 aromatic heterocycles. The van der Waals surface area contributed by atoms with Gasteiger partial charge in [-0.2, -0.15) is 0 Å². The zero-order chi connectivity index (χ0) is 18.0. The van der Waals surface area contributed by atoms with Gasteiger partial charge in [-0.25, -0.2) is 4.98 Å². The minimum absolute atomic E-state index is 0.164. The van der Waals surface area contributed by atoms with Crippen molar-refractivity contribution >= 4 is 17.7 Å². The van der Waals surface area contributed by atoms with Crippen LogP contribution in [0.4, 0.5) is 0 Å². The summed E-state index contributed by atoms with van der Waals surface area (Å²) in [5, 5.41) is 10.6. The Hall–Kier alpha value is -2.32. The Labute approximate surface area is 152 Å². The van der Waals surface area contributed by atoms with Crippen molar-refractivity contribution < 1.29 is 9.90 Å². The van der Waals surface area contributed by atoms with E-state index in [2.05, 4.69) is 54.7 Å². The van der Waals surface area contributed by atoms with Gasteiger partial charge in [0.25, 0.3) is 0 Å². The van der Waals surface area contributed by atoms with Gasteiger partial charge in [-0.05, 0) is 53.7 Å². The van der Waals surface area contributed by atoms with E-state index in [-0.39, 0.29) is 11.8 Å². The van der Waals surface area contributed by atoms with Crippen molar-refractivity contribution in [2.45, 2.75) is 43.9 Å². The zero-order valence-electron chi connectivity index (χ0n) is 14.5. The molecule has 0 unspecified atom stereocenters. The molecule has 0 N–H and O–H groups in total. The first kappa shape index (κ1) is 17.5. The summed E-state index contributed by atoms with van der Waals surface area (Å²) in [7, 11) is 0. The number of hydrogen-bond donors (Lipinski definition) is 0. The van der Waals surface area contributed by atoms with Crippen LogP contribution in [0.1, 0.15) is 48.3 Å². The minimum Gasteiger partial charge on any atom is -0.550 e. The first-order valence-electron chi connectivity index (χ1n) is 8.16. The molecule has 0 atom stereocenters. The van der Waals surface area contributed by atoms with Crippen LogP contribution in [0.2, 0.25) is 0 Å². The molecule has 128 valence electrons. The Morgan fingerprint density at radius 1 is 1.28 bits per heavy atom. The van der Waals surface area contributed by atoms with Crippen LogP contribution in [-0.2, 0) is 16.6 Å². The average Bonchev–Trinajstić information content (AvgIpc) is 2.54. The average molecular weight is 351 g/mol. The smallest absolute Gasteiger partial charge is 0.131 e. The summed E-state index contributed by atoms with van der Waals surface area (Å²) in [6, 6.07) is 4.42. The van der Waals surface area contributed by atoms with Crippen molar-refractivity contribution in [3.8, 4) is 11.8 Å². The standard InChI is InChI=1S/C20H20N2O2S/c1-13-8-18-17(20(2,3)6-7-25-18)9-14(13)4-5-15-11-22-16(12-21-15)10-19(23)24/h8-9,11-12H,6-7,10H2,1-3H3,(H,23,24)/p-1. The van der Waals surface area contributed by atoms with Crippen LogP contribution >= 0.6 is 11.8 Å². The number of fused-ring (bicyclic) bond motifs is 1. The number of benzene rings is 1. The highest BCUT2D eigenvalue weighted by Crippen LogP contribution is 2.42. The lowest BCUT2D eigenvalue weighted by atomic mass is 9.80. The number of aliphatic carboxylic acids is 1. The number of rotatable bonds is 2. The molecular formula is C20H19N2O2S-. The zero-order valence-corrected chi connectivity index (χ0v) is 15.4. The second kappa shape index (κ2) is 6.89. The first-order chi connectivity index (χ1) is 11.8. The van der Waals surface area contributed by atoms with Crippen molar-refractivity contribution in [2.75, 3.05) is 5.75 Å². The third-order valence-corrected chi connectivity index (χ3v) is 5.45. The number of nitrogens with zero attached hydrogens (tertiary/aromatic N) is 2. The SMILES string of the molecule is Cc1cc2c(cc1C#Cc1cnc(CC(=O)[O-])cn1)C(C)(C)CCS2. The Morgan fingerprint density at radius 3 is 2.76 bits per heavy atom. The Balaban J connectivity index is 1.89. The molecule has 0 saturated heterocycles. The fourth-order valence-corrected chi connectivity index (χ4v) is 4.39. The molecule has 3 rings (SSSR count). The van der Waals surface area contributed by atoms with E-state index in [9.17, 15) is 9.90 Å². The van der Waals surface area contributed by atoms with E-state index in [0.717, 1.165) is 23.3 Å². The van der Waals surface area contributed by atoms with Crippen LogP contribution in [-0.4, -0.2) is 21.7 Å².